The second-order valence-corrected chi connectivity index (χ2v) is 6.04. The van der Waals surface area contributed by atoms with Crippen LogP contribution in [0.15, 0.2) is 66.7 Å². The third kappa shape index (κ3) is 2.95. The minimum Gasteiger partial charge on any atom is -0.508 e. The van der Waals surface area contributed by atoms with Crippen molar-refractivity contribution in [2.75, 3.05) is 18.7 Å². The first-order chi connectivity index (χ1) is 12.6. The Morgan fingerprint density at radius 3 is 2.50 bits per heavy atom. The summed E-state index contributed by atoms with van der Waals surface area (Å²) < 4.78 is 10.7. The Morgan fingerprint density at radius 2 is 1.69 bits per heavy atom. The molecule has 130 valence electrons. The van der Waals surface area contributed by atoms with Crippen molar-refractivity contribution in [2.24, 2.45) is 0 Å². The van der Waals surface area contributed by atoms with Gasteiger partial charge < -0.3 is 19.5 Å². The molecule has 0 saturated carbocycles. The lowest BCUT2D eigenvalue weighted by Crippen LogP contribution is -2.26. The van der Waals surface area contributed by atoms with Gasteiger partial charge in [-0.3, -0.25) is 4.79 Å². The van der Waals surface area contributed by atoms with E-state index in [1.807, 2.05) is 48.5 Å². The molecular formula is C21H17NO4. The highest BCUT2D eigenvalue weighted by molar-refractivity contribution is 6.06. The third-order valence-corrected chi connectivity index (χ3v) is 4.32. The molecular weight excluding hydrogens is 330 g/mol. The average molecular weight is 347 g/mol. The molecule has 1 N–H and O–H groups in total. The van der Waals surface area contributed by atoms with Gasteiger partial charge in [0.1, 0.15) is 5.75 Å². The molecule has 0 atom stereocenters. The predicted octanol–water partition coefficient (Wildman–Crippen LogP) is 4.06. The summed E-state index contributed by atoms with van der Waals surface area (Å²) in [6.07, 6.45) is 0. The molecule has 1 amide bonds. The first-order valence-corrected chi connectivity index (χ1v) is 8.19. The topological polar surface area (TPSA) is 59.0 Å². The molecule has 26 heavy (non-hydrogen) atoms. The molecule has 0 bridgehead atoms. The number of hydrogen-bond donors (Lipinski definition) is 1. The number of ether oxygens (including phenoxy) is 2. The molecule has 1 aliphatic heterocycles. The number of aromatic hydroxyl groups is 1. The molecule has 3 aromatic rings. The Balaban J connectivity index is 1.69. The highest BCUT2D eigenvalue weighted by Crippen LogP contribution is 2.37. The fraction of sp³-hybridized carbons (Fsp3) is 0.0952. The molecule has 0 saturated heterocycles. The number of para-hydroxylation sites is 1. The van der Waals surface area contributed by atoms with Crippen molar-refractivity contribution < 1.29 is 19.4 Å². The highest BCUT2D eigenvalue weighted by atomic mass is 16.7. The molecule has 4 rings (SSSR count). The quantitative estimate of drug-likeness (QED) is 0.776. The Hall–Kier alpha value is -3.47. The molecule has 1 aliphatic rings. The molecule has 0 spiro atoms. The summed E-state index contributed by atoms with van der Waals surface area (Å²) in [4.78, 5) is 14.4. The van der Waals surface area contributed by atoms with Crippen LogP contribution in [-0.4, -0.2) is 24.9 Å². The zero-order chi connectivity index (χ0) is 18.1. The average Bonchev–Trinajstić information content (AvgIpc) is 3.15. The van der Waals surface area contributed by atoms with Gasteiger partial charge in [-0.15, -0.1) is 0 Å². The van der Waals surface area contributed by atoms with Gasteiger partial charge in [-0.1, -0.05) is 24.3 Å². The zero-order valence-corrected chi connectivity index (χ0v) is 14.2. The van der Waals surface area contributed by atoms with Crippen molar-refractivity contribution in [3.05, 3.63) is 72.3 Å². The maximum Gasteiger partial charge on any atom is 0.258 e. The number of amides is 1. The molecule has 5 nitrogen and oxygen atoms in total. The Bertz CT molecular complexity index is 969. The number of carbonyl (C=O) groups is 1. The van der Waals surface area contributed by atoms with E-state index < -0.39 is 0 Å². The van der Waals surface area contributed by atoms with Gasteiger partial charge in [-0.2, -0.15) is 0 Å². The van der Waals surface area contributed by atoms with E-state index in [4.69, 9.17) is 9.47 Å². The van der Waals surface area contributed by atoms with Crippen LogP contribution >= 0.6 is 0 Å². The number of phenolic OH excluding ortho intramolecular Hbond substituents is 1. The van der Waals surface area contributed by atoms with Crippen molar-refractivity contribution >= 4 is 11.6 Å². The van der Waals surface area contributed by atoms with Gasteiger partial charge in [0.25, 0.3) is 5.91 Å². The van der Waals surface area contributed by atoms with Crippen molar-refractivity contribution in [1.29, 1.82) is 0 Å². The minimum absolute atomic E-state index is 0.0324. The van der Waals surface area contributed by atoms with Crippen molar-refractivity contribution in [3.63, 3.8) is 0 Å². The first kappa shape index (κ1) is 16.0. The van der Waals surface area contributed by atoms with Crippen molar-refractivity contribution in [3.8, 4) is 28.4 Å². The summed E-state index contributed by atoms with van der Waals surface area (Å²) in [6, 6.07) is 19.8. The van der Waals surface area contributed by atoms with E-state index in [2.05, 4.69) is 0 Å². The van der Waals surface area contributed by atoms with Crippen LogP contribution < -0.4 is 14.4 Å². The summed E-state index contributed by atoms with van der Waals surface area (Å²) in [7, 11) is 1.71. The van der Waals surface area contributed by atoms with Gasteiger partial charge >= 0.3 is 0 Å². The van der Waals surface area contributed by atoms with Gasteiger partial charge in [0.2, 0.25) is 6.79 Å². The molecule has 3 aromatic carbocycles. The van der Waals surface area contributed by atoms with E-state index >= 15 is 0 Å². The van der Waals surface area contributed by atoms with Gasteiger partial charge in [-0.05, 0) is 53.6 Å². The predicted molar refractivity (Wildman–Crippen MR) is 98.8 cm³/mol. The molecule has 0 aromatic heterocycles. The maximum atomic E-state index is 12.8. The molecule has 5 heteroatoms. The third-order valence-electron chi connectivity index (χ3n) is 4.32. The molecule has 0 unspecified atom stereocenters. The van der Waals surface area contributed by atoms with Crippen LogP contribution in [0.4, 0.5) is 5.69 Å². The number of nitrogens with zero attached hydrogens (tertiary/aromatic N) is 1. The van der Waals surface area contributed by atoms with Crippen LogP contribution in [0.5, 0.6) is 17.2 Å². The van der Waals surface area contributed by atoms with E-state index in [1.165, 1.54) is 6.07 Å². The lowest BCUT2D eigenvalue weighted by molar-refractivity contribution is 0.0992. The number of rotatable bonds is 3. The van der Waals surface area contributed by atoms with E-state index in [0.717, 1.165) is 16.8 Å². The Labute approximate surface area is 151 Å². The number of fused-ring (bicyclic) bond motifs is 1. The standard InChI is InChI=1S/C21H17NO4/c1-22(17-5-3-2-4-6-17)21(24)16-9-15(10-18(23)11-16)14-7-8-19-20(12-14)26-13-25-19/h2-12,23H,13H2,1H3. The fourth-order valence-corrected chi connectivity index (χ4v) is 2.94. The second-order valence-electron chi connectivity index (χ2n) is 6.04. The SMILES string of the molecule is CN(C(=O)c1cc(O)cc(-c2ccc3c(c2)OCO3)c1)c1ccccc1. The van der Waals surface area contributed by atoms with Crippen LogP contribution in [0.2, 0.25) is 0 Å². The molecule has 0 radical (unpaired) electrons. The lowest BCUT2D eigenvalue weighted by atomic mass is 10.0. The van der Waals surface area contributed by atoms with E-state index in [9.17, 15) is 9.90 Å². The van der Waals surface area contributed by atoms with Crippen LogP contribution in [0.1, 0.15) is 10.4 Å². The smallest absolute Gasteiger partial charge is 0.258 e. The normalized spacial score (nSPS) is 12.0. The summed E-state index contributed by atoms with van der Waals surface area (Å²) >= 11 is 0. The van der Waals surface area contributed by atoms with Gasteiger partial charge in [0.05, 0.1) is 0 Å². The fourth-order valence-electron chi connectivity index (χ4n) is 2.94. The van der Waals surface area contributed by atoms with Crippen LogP contribution in [0.25, 0.3) is 11.1 Å². The van der Waals surface area contributed by atoms with Gasteiger partial charge in [-0.25, -0.2) is 0 Å². The van der Waals surface area contributed by atoms with Gasteiger partial charge in [0.15, 0.2) is 11.5 Å². The number of hydrogen-bond acceptors (Lipinski definition) is 4. The Kier molecular flexibility index (Phi) is 3.97. The molecule has 1 heterocycles. The van der Waals surface area contributed by atoms with Crippen molar-refractivity contribution in [2.45, 2.75) is 0 Å². The summed E-state index contributed by atoms with van der Waals surface area (Å²) in [5.41, 5.74) is 2.75. The maximum absolute atomic E-state index is 12.8. The number of carbonyl (C=O) groups excluding carboxylic acids is 1. The van der Waals surface area contributed by atoms with E-state index in [-0.39, 0.29) is 18.4 Å². The van der Waals surface area contributed by atoms with Crippen LogP contribution in [-0.2, 0) is 0 Å². The minimum atomic E-state index is -0.200. The van der Waals surface area contributed by atoms with E-state index in [1.54, 1.807) is 24.1 Å². The lowest BCUT2D eigenvalue weighted by Gasteiger charge is -2.18. The summed E-state index contributed by atoms with van der Waals surface area (Å²) in [5, 5.41) is 10.1. The number of phenols is 1. The summed E-state index contributed by atoms with van der Waals surface area (Å²) in [5.74, 6) is 1.17. The summed E-state index contributed by atoms with van der Waals surface area (Å²) in [6.45, 7) is 0.199. The van der Waals surface area contributed by atoms with Crippen LogP contribution in [0.3, 0.4) is 0 Å². The van der Waals surface area contributed by atoms with Gasteiger partial charge in [0, 0.05) is 18.3 Å². The van der Waals surface area contributed by atoms with Crippen molar-refractivity contribution in [1.82, 2.24) is 0 Å². The zero-order valence-electron chi connectivity index (χ0n) is 14.2. The molecule has 0 fully saturated rings. The Morgan fingerprint density at radius 1 is 0.923 bits per heavy atom. The first-order valence-electron chi connectivity index (χ1n) is 8.19. The second kappa shape index (κ2) is 6.44. The van der Waals surface area contributed by atoms with Crippen LogP contribution in [0, 0.1) is 0 Å². The number of benzene rings is 3. The highest BCUT2D eigenvalue weighted by Gasteiger charge is 2.17. The number of anilines is 1. The monoisotopic (exact) mass is 347 g/mol. The largest absolute Gasteiger partial charge is 0.508 e. The molecule has 0 aliphatic carbocycles. The van der Waals surface area contributed by atoms with E-state index in [0.29, 0.717) is 17.1 Å².